The lowest BCUT2D eigenvalue weighted by Gasteiger charge is -2.31. The van der Waals surface area contributed by atoms with Gasteiger partial charge in [0.1, 0.15) is 23.7 Å². The van der Waals surface area contributed by atoms with Crippen molar-refractivity contribution in [3.8, 4) is 0 Å². The number of amides is 3. The summed E-state index contributed by atoms with van der Waals surface area (Å²) in [6.07, 6.45) is -0.402. The van der Waals surface area contributed by atoms with E-state index in [0.29, 0.717) is 0 Å². The maximum Gasteiger partial charge on any atom is 0.408 e. The van der Waals surface area contributed by atoms with Crippen LogP contribution in [0, 0.1) is 5.41 Å². The van der Waals surface area contributed by atoms with Gasteiger partial charge in [-0.05, 0) is 37.3 Å². The number of rotatable bonds is 10. The highest BCUT2D eigenvalue weighted by Gasteiger charge is 2.36. The van der Waals surface area contributed by atoms with Crippen LogP contribution in [0.15, 0.2) is 60.7 Å². The van der Waals surface area contributed by atoms with Crippen molar-refractivity contribution in [2.24, 2.45) is 5.41 Å². The molecule has 212 valence electrons. The molecule has 9 heteroatoms. The highest BCUT2D eigenvalue weighted by atomic mass is 16.6. The lowest BCUT2D eigenvalue weighted by Crippen LogP contribution is -2.59. The van der Waals surface area contributed by atoms with E-state index in [0.717, 1.165) is 11.1 Å². The summed E-state index contributed by atoms with van der Waals surface area (Å²) in [6, 6.07) is 15.4. The molecule has 2 rings (SSSR count). The molecule has 0 aliphatic carbocycles. The van der Waals surface area contributed by atoms with Crippen molar-refractivity contribution in [3.63, 3.8) is 0 Å². The standard InChI is InChI=1S/C30H41N3O6/c1-29(2,3)24(27(36)38-7)33-26(35)22(18-20-14-10-8-11-15-20)31-25(34)23(19-21-16-12-9-13-17-21)32-28(37)39-30(4,5)6/h8-17,22-24H,18-19H2,1-7H3,(H,31,34)(H,32,37)(H,33,35)/t22-,23-,24+/m1/s1. The average Bonchev–Trinajstić information content (AvgIpc) is 2.85. The van der Waals surface area contributed by atoms with E-state index in [2.05, 4.69) is 16.0 Å². The van der Waals surface area contributed by atoms with Crippen molar-refractivity contribution in [1.82, 2.24) is 16.0 Å². The van der Waals surface area contributed by atoms with Crippen LogP contribution >= 0.6 is 0 Å². The second-order valence-corrected chi connectivity index (χ2v) is 11.5. The predicted octanol–water partition coefficient (Wildman–Crippen LogP) is 3.55. The van der Waals surface area contributed by atoms with Gasteiger partial charge in [-0.2, -0.15) is 0 Å². The first-order valence-electron chi connectivity index (χ1n) is 13.0. The van der Waals surface area contributed by atoms with Crippen molar-refractivity contribution in [1.29, 1.82) is 0 Å². The molecule has 3 N–H and O–H groups in total. The van der Waals surface area contributed by atoms with Gasteiger partial charge in [0.25, 0.3) is 0 Å². The van der Waals surface area contributed by atoms with Gasteiger partial charge in [0.05, 0.1) is 7.11 Å². The molecular weight excluding hydrogens is 498 g/mol. The molecule has 0 radical (unpaired) electrons. The van der Waals surface area contributed by atoms with Gasteiger partial charge in [0.15, 0.2) is 0 Å². The molecule has 0 saturated carbocycles. The van der Waals surface area contributed by atoms with Crippen LogP contribution in [0.4, 0.5) is 4.79 Å². The van der Waals surface area contributed by atoms with Crippen molar-refractivity contribution in [2.45, 2.75) is 78.1 Å². The summed E-state index contributed by atoms with van der Waals surface area (Å²) in [5.41, 5.74) is 0.223. The number of nitrogens with one attached hydrogen (secondary N) is 3. The molecule has 0 aliphatic heterocycles. The Morgan fingerprint density at radius 1 is 0.692 bits per heavy atom. The third kappa shape index (κ3) is 10.8. The molecular formula is C30H41N3O6. The lowest BCUT2D eigenvalue weighted by molar-refractivity contribution is -0.148. The Bertz CT molecular complexity index is 1110. The highest BCUT2D eigenvalue weighted by Crippen LogP contribution is 2.21. The van der Waals surface area contributed by atoms with Crippen LogP contribution in [0.3, 0.4) is 0 Å². The normalized spacial score (nSPS) is 13.8. The lowest BCUT2D eigenvalue weighted by atomic mass is 9.86. The fourth-order valence-corrected chi connectivity index (χ4v) is 3.83. The Morgan fingerprint density at radius 2 is 1.13 bits per heavy atom. The summed E-state index contributed by atoms with van der Waals surface area (Å²) in [5, 5.41) is 8.19. The number of hydrogen-bond acceptors (Lipinski definition) is 6. The van der Waals surface area contributed by atoms with Crippen LogP contribution < -0.4 is 16.0 Å². The first-order valence-corrected chi connectivity index (χ1v) is 13.0. The molecule has 0 spiro atoms. The zero-order valence-electron chi connectivity index (χ0n) is 23.9. The summed E-state index contributed by atoms with van der Waals surface area (Å²) in [4.78, 5) is 52.1. The molecule has 2 aromatic carbocycles. The van der Waals surface area contributed by atoms with Gasteiger partial charge >= 0.3 is 12.1 Å². The SMILES string of the molecule is COC(=O)[C@H](NC(=O)[C@@H](Cc1ccccc1)NC(=O)[C@@H](Cc1ccccc1)NC(=O)OC(C)(C)C)C(C)(C)C. The van der Waals surface area contributed by atoms with Gasteiger partial charge in [-0.15, -0.1) is 0 Å². The minimum Gasteiger partial charge on any atom is -0.467 e. The maximum absolute atomic E-state index is 13.6. The summed E-state index contributed by atoms with van der Waals surface area (Å²) in [5.74, 6) is -1.70. The van der Waals surface area contributed by atoms with Gasteiger partial charge in [0.2, 0.25) is 11.8 Å². The highest BCUT2D eigenvalue weighted by molar-refractivity contribution is 5.93. The van der Waals surface area contributed by atoms with Crippen LogP contribution in [0.5, 0.6) is 0 Å². The maximum atomic E-state index is 13.6. The average molecular weight is 540 g/mol. The molecule has 3 amide bonds. The Labute approximate surface area is 231 Å². The van der Waals surface area contributed by atoms with E-state index in [1.807, 2.05) is 60.7 Å². The van der Waals surface area contributed by atoms with E-state index < -0.39 is 53.0 Å². The van der Waals surface area contributed by atoms with E-state index in [4.69, 9.17) is 9.47 Å². The number of hydrogen-bond donors (Lipinski definition) is 3. The molecule has 2 aromatic rings. The van der Waals surface area contributed by atoms with Gasteiger partial charge < -0.3 is 25.4 Å². The Balaban J connectivity index is 2.34. The molecule has 0 aromatic heterocycles. The minimum atomic E-state index is -1.03. The van der Waals surface area contributed by atoms with E-state index in [9.17, 15) is 19.2 Å². The smallest absolute Gasteiger partial charge is 0.408 e. The summed E-state index contributed by atoms with van der Waals surface area (Å²) >= 11 is 0. The number of alkyl carbamates (subject to hydrolysis) is 1. The molecule has 0 saturated heterocycles. The zero-order valence-corrected chi connectivity index (χ0v) is 23.9. The Hall–Kier alpha value is -3.88. The van der Waals surface area contributed by atoms with E-state index in [1.165, 1.54) is 7.11 Å². The third-order valence-corrected chi connectivity index (χ3v) is 5.80. The third-order valence-electron chi connectivity index (χ3n) is 5.80. The van der Waals surface area contributed by atoms with Crippen LogP contribution in [-0.2, 0) is 36.7 Å². The van der Waals surface area contributed by atoms with E-state index in [-0.39, 0.29) is 12.8 Å². The van der Waals surface area contributed by atoms with Crippen molar-refractivity contribution < 1.29 is 28.7 Å². The molecule has 0 fully saturated rings. The largest absolute Gasteiger partial charge is 0.467 e. The molecule has 0 bridgehead atoms. The minimum absolute atomic E-state index is 0.168. The molecule has 0 heterocycles. The van der Waals surface area contributed by atoms with Crippen molar-refractivity contribution >= 4 is 23.9 Å². The number of carbonyl (C=O) groups excluding carboxylic acids is 4. The Morgan fingerprint density at radius 3 is 1.54 bits per heavy atom. The first kappa shape index (κ1) is 31.3. The summed E-state index contributed by atoms with van der Waals surface area (Å²) in [6.45, 7) is 10.6. The Kier molecular flexibility index (Phi) is 11.1. The molecule has 0 unspecified atom stereocenters. The number of benzene rings is 2. The molecule has 9 nitrogen and oxygen atoms in total. The topological polar surface area (TPSA) is 123 Å². The molecule has 39 heavy (non-hydrogen) atoms. The van der Waals surface area contributed by atoms with Crippen molar-refractivity contribution in [2.75, 3.05) is 7.11 Å². The van der Waals surface area contributed by atoms with Crippen LogP contribution in [-0.4, -0.2) is 54.7 Å². The second-order valence-electron chi connectivity index (χ2n) is 11.5. The van der Waals surface area contributed by atoms with Gasteiger partial charge in [0, 0.05) is 12.8 Å². The predicted molar refractivity (Wildman–Crippen MR) is 149 cm³/mol. The van der Waals surface area contributed by atoms with E-state index >= 15 is 0 Å². The number of ether oxygens (including phenoxy) is 2. The molecule has 0 aliphatic rings. The van der Waals surface area contributed by atoms with Gasteiger partial charge in [-0.1, -0.05) is 81.4 Å². The second kappa shape index (κ2) is 13.8. The summed E-state index contributed by atoms with van der Waals surface area (Å²) in [7, 11) is 1.26. The first-order chi connectivity index (χ1) is 18.2. The van der Waals surface area contributed by atoms with Crippen LogP contribution in [0.25, 0.3) is 0 Å². The number of carbonyl (C=O) groups is 4. The van der Waals surface area contributed by atoms with Crippen LogP contribution in [0.2, 0.25) is 0 Å². The number of methoxy groups -OCH3 is 1. The number of esters is 1. The monoisotopic (exact) mass is 539 g/mol. The fourth-order valence-electron chi connectivity index (χ4n) is 3.83. The van der Waals surface area contributed by atoms with Gasteiger partial charge in [-0.3, -0.25) is 9.59 Å². The van der Waals surface area contributed by atoms with Crippen LogP contribution in [0.1, 0.15) is 52.7 Å². The summed E-state index contributed by atoms with van der Waals surface area (Å²) < 4.78 is 10.3. The molecule has 3 atom stereocenters. The fraction of sp³-hybridized carbons (Fsp3) is 0.467. The quantitative estimate of drug-likeness (QED) is 0.397. The van der Waals surface area contributed by atoms with Crippen molar-refractivity contribution in [3.05, 3.63) is 71.8 Å². The van der Waals surface area contributed by atoms with Gasteiger partial charge in [-0.25, -0.2) is 9.59 Å². The van der Waals surface area contributed by atoms with E-state index in [1.54, 1.807) is 41.5 Å². The zero-order chi connectivity index (χ0) is 29.2.